The van der Waals surface area contributed by atoms with Crippen molar-refractivity contribution in [3.8, 4) is 22.6 Å². The second-order valence-electron chi connectivity index (χ2n) is 6.94. The van der Waals surface area contributed by atoms with Gasteiger partial charge in [0.25, 0.3) is 0 Å². The van der Waals surface area contributed by atoms with E-state index in [9.17, 15) is 9.50 Å². The van der Waals surface area contributed by atoms with Gasteiger partial charge in [0, 0.05) is 5.56 Å². The highest BCUT2D eigenvalue weighted by Crippen LogP contribution is 2.45. The fourth-order valence-corrected chi connectivity index (χ4v) is 3.33. The van der Waals surface area contributed by atoms with Crippen LogP contribution in [-0.4, -0.2) is 12.2 Å². The predicted octanol–water partition coefficient (Wildman–Crippen LogP) is 5.70. The molecule has 0 aliphatic carbocycles. The average Bonchev–Trinajstić information content (AvgIpc) is 2.72. The second kappa shape index (κ2) is 8.89. The van der Waals surface area contributed by atoms with Crippen molar-refractivity contribution < 1.29 is 19.0 Å². The Morgan fingerprint density at radius 1 is 1.00 bits per heavy atom. The molecule has 0 aliphatic rings. The molecule has 0 unspecified atom stereocenters. The van der Waals surface area contributed by atoms with E-state index in [1.54, 1.807) is 19.2 Å². The fraction of sp³-hybridized carbons (Fsp3) is 0.250. The lowest BCUT2D eigenvalue weighted by Crippen LogP contribution is -2.06. The zero-order valence-corrected chi connectivity index (χ0v) is 16.4. The van der Waals surface area contributed by atoms with Crippen LogP contribution in [0.3, 0.4) is 0 Å². The summed E-state index contributed by atoms with van der Waals surface area (Å²) in [5.41, 5.74) is 4.28. The van der Waals surface area contributed by atoms with Crippen LogP contribution in [0, 0.1) is 5.82 Å². The number of methoxy groups -OCH3 is 1. The number of rotatable bonds is 7. The molecule has 0 saturated heterocycles. The first-order valence-corrected chi connectivity index (χ1v) is 9.32. The molecule has 1 N–H and O–H groups in total. The van der Waals surface area contributed by atoms with E-state index in [4.69, 9.17) is 9.47 Å². The first-order chi connectivity index (χ1) is 13.5. The van der Waals surface area contributed by atoms with Gasteiger partial charge in [0.1, 0.15) is 12.4 Å². The molecule has 0 saturated carbocycles. The molecule has 0 spiro atoms. The maximum Gasteiger partial charge on any atom is 0.169 e. The largest absolute Gasteiger partial charge is 0.493 e. The molecular weight excluding hydrogens is 355 g/mol. The van der Waals surface area contributed by atoms with Gasteiger partial charge in [-0.3, -0.25) is 0 Å². The first kappa shape index (κ1) is 19.9. The topological polar surface area (TPSA) is 38.7 Å². The van der Waals surface area contributed by atoms with Gasteiger partial charge >= 0.3 is 0 Å². The van der Waals surface area contributed by atoms with Crippen LogP contribution in [0.25, 0.3) is 11.1 Å². The van der Waals surface area contributed by atoms with Crippen molar-refractivity contribution >= 4 is 0 Å². The molecule has 4 heteroatoms. The van der Waals surface area contributed by atoms with Gasteiger partial charge in [-0.25, -0.2) is 4.39 Å². The lowest BCUT2D eigenvalue weighted by molar-refractivity contribution is 0.271. The minimum atomic E-state index is -0.312. The average molecular weight is 380 g/mol. The molecule has 0 aromatic heterocycles. The number of halogens is 1. The van der Waals surface area contributed by atoms with E-state index >= 15 is 0 Å². The highest BCUT2D eigenvalue weighted by molar-refractivity contribution is 5.79. The molecule has 0 bridgehead atoms. The SMILES string of the molecule is COc1cc(C(C)C)c(CO)c(-c2ccc(F)cc2)c1OCc1ccccc1. The number of hydrogen-bond donors (Lipinski definition) is 1. The molecule has 3 aromatic carbocycles. The van der Waals surface area contributed by atoms with Gasteiger partial charge in [0.15, 0.2) is 11.5 Å². The van der Waals surface area contributed by atoms with Crippen LogP contribution in [-0.2, 0) is 13.2 Å². The van der Waals surface area contributed by atoms with Crippen molar-refractivity contribution in [1.82, 2.24) is 0 Å². The van der Waals surface area contributed by atoms with Gasteiger partial charge in [-0.15, -0.1) is 0 Å². The number of hydrogen-bond acceptors (Lipinski definition) is 3. The Labute approximate surface area is 165 Å². The minimum Gasteiger partial charge on any atom is -0.493 e. The van der Waals surface area contributed by atoms with Gasteiger partial charge in [-0.2, -0.15) is 0 Å². The van der Waals surface area contributed by atoms with E-state index in [1.807, 2.05) is 36.4 Å². The number of benzene rings is 3. The van der Waals surface area contributed by atoms with Gasteiger partial charge in [-0.05, 0) is 46.4 Å². The molecule has 0 amide bonds. The maximum atomic E-state index is 13.5. The Balaban J connectivity index is 2.18. The molecular formula is C24H25FO3. The fourth-order valence-electron chi connectivity index (χ4n) is 3.33. The summed E-state index contributed by atoms with van der Waals surface area (Å²) in [6, 6.07) is 18.0. The summed E-state index contributed by atoms with van der Waals surface area (Å²) in [5.74, 6) is 1.01. The molecule has 0 aliphatic heterocycles. The van der Waals surface area contributed by atoms with Crippen molar-refractivity contribution in [1.29, 1.82) is 0 Å². The smallest absolute Gasteiger partial charge is 0.169 e. The van der Waals surface area contributed by atoms with Crippen LogP contribution in [0.1, 0.15) is 36.5 Å². The standard InChI is InChI=1S/C24H25FO3/c1-16(2)20-13-22(27-3)24(28-15-17-7-5-4-6-8-17)23(21(20)14-26)18-9-11-19(25)12-10-18/h4-13,16,26H,14-15H2,1-3H3. The molecule has 0 fully saturated rings. The Bertz CT molecular complexity index is 919. The second-order valence-corrected chi connectivity index (χ2v) is 6.94. The van der Waals surface area contributed by atoms with Crippen LogP contribution in [0.2, 0.25) is 0 Å². The van der Waals surface area contributed by atoms with Gasteiger partial charge in [0.2, 0.25) is 0 Å². The highest BCUT2D eigenvalue weighted by Gasteiger charge is 2.22. The van der Waals surface area contributed by atoms with Crippen molar-refractivity contribution in [2.75, 3.05) is 7.11 Å². The predicted molar refractivity (Wildman–Crippen MR) is 109 cm³/mol. The number of aliphatic hydroxyl groups is 1. The quantitative estimate of drug-likeness (QED) is 0.572. The maximum absolute atomic E-state index is 13.5. The van der Waals surface area contributed by atoms with E-state index < -0.39 is 0 Å². The molecule has 28 heavy (non-hydrogen) atoms. The van der Waals surface area contributed by atoms with Gasteiger partial charge in [0.05, 0.1) is 13.7 Å². The number of ether oxygens (including phenoxy) is 2. The molecule has 0 radical (unpaired) electrons. The summed E-state index contributed by atoms with van der Waals surface area (Å²) in [5, 5.41) is 10.2. The van der Waals surface area contributed by atoms with E-state index in [2.05, 4.69) is 13.8 Å². The third-order valence-corrected chi connectivity index (χ3v) is 4.75. The van der Waals surface area contributed by atoms with Crippen LogP contribution in [0.15, 0.2) is 60.7 Å². The van der Waals surface area contributed by atoms with Crippen molar-refractivity contribution in [2.45, 2.75) is 33.0 Å². The summed E-state index contributed by atoms with van der Waals surface area (Å²) >= 11 is 0. The third-order valence-electron chi connectivity index (χ3n) is 4.75. The van der Waals surface area contributed by atoms with Crippen LogP contribution in [0.4, 0.5) is 4.39 Å². The normalized spacial score (nSPS) is 10.9. The zero-order chi connectivity index (χ0) is 20.1. The van der Waals surface area contributed by atoms with E-state index in [1.165, 1.54) is 12.1 Å². The Morgan fingerprint density at radius 2 is 1.68 bits per heavy atom. The number of aliphatic hydroxyl groups excluding tert-OH is 1. The Kier molecular flexibility index (Phi) is 6.32. The molecule has 146 valence electrons. The Hall–Kier alpha value is -2.85. The molecule has 0 atom stereocenters. The summed E-state index contributed by atoms with van der Waals surface area (Å²) < 4.78 is 25.3. The molecule has 0 heterocycles. The van der Waals surface area contributed by atoms with Crippen LogP contribution >= 0.6 is 0 Å². The minimum absolute atomic E-state index is 0.147. The van der Waals surface area contributed by atoms with Crippen molar-refractivity contribution in [3.63, 3.8) is 0 Å². The lowest BCUT2D eigenvalue weighted by Gasteiger charge is -2.23. The molecule has 3 nitrogen and oxygen atoms in total. The Morgan fingerprint density at radius 3 is 2.25 bits per heavy atom. The van der Waals surface area contributed by atoms with E-state index in [0.29, 0.717) is 18.1 Å². The summed E-state index contributed by atoms with van der Waals surface area (Å²) in [6.07, 6.45) is 0. The summed E-state index contributed by atoms with van der Waals surface area (Å²) in [7, 11) is 1.60. The van der Waals surface area contributed by atoms with Crippen LogP contribution in [0.5, 0.6) is 11.5 Å². The summed E-state index contributed by atoms with van der Waals surface area (Å²) in [6.45, 7) is 4.34. The van der Waals surface area contributed by atoms with Crippen molar-refractivity contribution in [2.24, 2.45) is 0 Å². The molecule has 3 rings (SSSR count). The molecule has 3 aromatic rings. The summed E-state index contributed by atoms with van der Waals surface area (Å²) in [4.78, 5) is 0. The van der Waals surface area contributed by atoms with E-state index in [-0.39, 0.29) is 18.3 Å². The zero-order valence-electron chi connectivity index (χ0n) is 16.4. The van der Waals surface area contributed by atoms with Gasteiger partial charge < -0.3 is 14.6 Å². The highest BCUT2D eigenvalue weighted by atomic mass is 19.1. The first-order valence-electron chi connectivity index (χ1n) is 9.32. The van der Waals surface area contributed by atoms with Gasteiger partial charge in [-0.1, -0.05) is 56.3 Å². The monoisotopic (exact) mass is 380 g/mol. The third kappa shape index (κ3) is 4.18. The van der Waals surface area contributed by atoms with E-state index in [0.717, 1.165) is 27.8 Å². The van der Waals surface area contributed by atoms with Crippen LogP contribution < -0.4 is 9.47 Å². The lowest BCUT2D eigenvalue weighted by atomic mass is 9.89. The van der Waals surface area contributed by atoms with Crippen molar-refractivity contribution in [3.05, 3.63) is 83.2 Å².